The van der Waals surface area contributed by atoms with Gasteiger partial charge in [-0.25, -0.2) is 0 Å². The van der Waals surface area contributed by atoms with Gasteiger partial charge in [-0.15, -0.1) is 0 Å². The summed E-state index contributed by atoms with van der Waals surface area (Å²) in [5.41, 5.74) is 9.03. The van der Waals surface area contributed by atoms with Gasteiger partial charge >= 0.3 is 0 Å². The molecule has 1 atom stereocenters. The molecule has 1 aliphatic heterocycles. The average Bonchev–Trinajstić information content (AvgIpc) is 2.36. The first kappa shape index (κ1) is 13.1. The Labute approximate surface area is 108 Å². The van der Waals surface area contributed by atoms with Crippen LogP contribution in [-0.2, 0) is 4.79 Å². The maximum atomic E-state index is 11.8. The number of carbonyl (C=O) groups excluding carboxylic acids is 1. The maximum absolute atomic E-state index is 11.8. The molecule has 0 saturated carbocycles. The average molecular weight is 247 g/mol. The summed E-state index contributed by atoms with van der Waals surface area (Å²) in [6.07, 6.45) is 0. The Morgan fingerprint density at radius 1 is 1.33 bits per heavy atom. The molecule has 1 amide bonds. The lowest BCUT2D eigenvalue weighted by Crippen LogP contribution is -2.48. The fourth-order valence-electron chi connectivity index (χ4n) is 2.54. The van der Waals surface area contributed by atoms with E-state index in [1.54, 1.807) is 0 Å². The minimum Gasteiger partial charge on any atom is -0.368 e. The number of primary amides is 1. The number of amides is 1. The minimum absolute atomic E-state index is 0.259. The van der Waals surface area contributed by atoms with Crippen LogP contribution in [0.2, 0.25) is 0 Å². The standard InChI is InChI=1S/C14H21N3O/c1-10-4-3-5-12(11(10)2)13(14(15)18)17-8-6-16-7-9-17/h3-5,13,16H,6-9H2,1-2H3,(H2,15,18). The van der Waals surface area contributed by atoms with Gasteiger partial charge in [0, 0.05) is 26.2 Å². The summed E-state index contributed by atoms with van der Waals surface area (Å²) in [5, 5.41) is 3.29. The number of nitrogens with one attached hydrogen (secondary N) is 1. The zero-order valence-corrected chi connectivity index (χ0v) is 11.1. The number of nitrogens with two attached hydrogens (primary N) is 1. The molecule has 18 heavy (non-hydrogen) atoms. The number of hydrogen-bond acceptors (Lipinski definition) is 3. The van der Waals surface area contributed by atoms with E-state index in [4.69, 9.17) is 5.73 Å². The van der Waals surface area contributed by atoms with Crippen LogP contribution in [0.5, 0.6) is 0 Å². The van der Waals surface area contributed by atoms with Crippen molar-refractivity contribution in [3.8, 4) is 0 Å². The van der Waals surface area contributed by atoms with Crippen molar-refractivity contribution in [2.45, 2.75) is 19.9 Å². The summed E-state index contributed by atoms with van der Waals surface area (Å²) in [5.74, 6) is -0.259. The predicted molar refractivity (Wildman–Crippen MR) is 72.3 cm³/mol. The van der Waals surface area contributed by atoms with E-state index < -0.39 is 0 Å². The number of piperazine rings is 1. The van der Waals surface area contributed by atoms with Gasteiger partial charge in [-0.05, 0) is 30.5 Å². The number of rotatable bonds is 3. The molecule has 0 aromatic heterocycles. The van der Waals surface area contributed by atoms with E-state index >= 15 is 0 Å². The molecule has 0 spiro atoms. The largest absolute Gasteiger partial charge is 0.368 e. The Hall–Kier alpha value is -1.39. The van der Waals surface area contributed by atoms with E-state index in [1.807, 2.05) is 12.1 Å². The van der Waals surface area contributed by atoms with E-state index in [1.165, 1.54) is 11.1 Å². The van der Waals surface area contributed by atoms with Gasteiger partial charge in [-0.1, -0.05) is 18.2 Å². The Morgan fingerprint density at radius 3 is 2.61 bits per heavy atom. The molecule has 1 saturated heterocycles. The van der Waals surface area contributed by atoms with Crippen molar-refractivity contribution < 1.29 is 4.79 Å². The first-order valence-corrected chi connectivity index (χ1v) is 6.41. The van der Waals surface area contributed by atoms with Gasteiger partial charge in [0.15, 0.2) is 0 Å². The molecular formula is C14H21N3O. The molecule has 0 aliphatic carbocycles. The van der Waals surface area contributed by atoms with Crippen molar-refractivity contribution in [2.75, 3.05) is 26.2 Å². The Bertz CT molecular complexity index is 439. The minimum atomic E-state index is -0.299. The lowest BCUT2D eigenvalue weighted by Gasteiger charge is -2.34. The van der Waals surface area contributed by atoms with Gasteiger partial charge < -0.3 is 11.1 Å². The summed E-state index contributed by atoms with van der Waals surface area (Å²) in [6.45, 7) is 7.67. The number of carbonyl (C=O) groups is 1. The topological polar surface area (TPSA) is 58.4 Å². The second kappa shape index (κ2) is 5.50. The number of aryl methyl sites for hydroxylation is 1. The van der Waals surface area contributed by atoms with E-state index in [0.29, 0.717) is 0 Å². The molecule has 1 aromatic rings. The molecule has 1 heterocycles. The molecule has 98 valence electrons. The molecule has 4 heteroatoms. The third kappa shape index (κ3) is 2.54. The van der Waals surface area contributed by atoms with Crippen LogP contribution in [0, 0.1) is 13.8 Å². The fourth-order valence-corrected chi connectivity index (χ4v) is 2.54. The van der Waals surface area contributed by atoms with Crippen LogP contribution < -0.4 is 11.1 Å². The monoisotopic (exact) mass is 247 g/mol. The number of benzene rings is 1. The first-order chi connectivity index (χ1) is 8.61. The van der Waals surface area contributed by atoms with Crippen molar-refractivity contribution in [3.63, 3.8) is 0 Å². The molecule has 4 nitrogen and oxygen atoms in total. The van der Waals surface area contributed by atoms with Crippen molar-refractivity contribution in [3.05, 3.63) is 34.9 Å². The molecule has 1 aromatic carbocycles. The highest BCUT2D eigenvalue weighted by Crippen LogP contribution is 2.25. The quantitative estimate of drug-likeness (QED) is 0.828. The SMILES string of the molecule is Cc1cccc(C(C(N)=O)N2CCNCC2)c1C. The summed E-state index contributed by atoms with van der Waals surface area (Å²) >= 11 is 0. The van der Waals surface area contributed by atoms with E-state index in [0.717, 1.165) is 31.7 Å². The van der Waals surface area contributed by atoms with Crippen LogP contribution in [0.4, 0.5) is 0 Å². The molecule has 2 rings (SSSR count). The highest BCUT2D eigenvalue weighted by molar-refractivity contribution is 5.82. The predicted octanol–water partition coefficient (Wildman–Crippen LogP) is 0.735. The van der Waals surface area contributed by atoms with Gasteiger partial charge in [-0.3, -0.25) is 9.69 Å². The van der Waals surface area contributed by atoms with Gasteiger partial charge in [0.2, 0.25) is 5.91 Å². The van der Waals surface area contributed by atoms with Crippen LogP contribution in [0.25, 0.3) is 0 Å². The van der Waals surface area contributed by atoms with Crippen LogP contribution in [0.3, 0.4) is 0 Å². The summed E-state index contributed by atoms with van der Waals surface area (Å²) < 4.78 is 0. The Balaban J connectivity index is 2.34. The zero-order valence-electron chi connectivity index (χ0n) is 11.1. The van der Waals surface area contributed by atoms with Crippen LogP contribution >= 0.6 is 0 Å². The highest BCUT2D eigenvalue weighted by Gasteiger charge is 2.28. The lowest BCUT2D eigenvalue weighted by molar-refractivity contribution is -0.123. The number of hydrogen-bond donors (Lipinski definition) is 2. The number of nitrogens with zero attached hydrogens (tertiary/aromatic N) is 1. The summed E-state index contributed by atoms with van der Waals surface area (Å²) in [7, 11) is 0. The normalized spacial score (nSPS) is 18.6. The molecule has 0 bridgehead atoms. The van der Waals surface area contributed by atoms with Crippen LogP contribution in [0.1, 0.15) is 22.7 Å². The van der Waals surface area contributed by atoms with Crippen molar-refractivity contribution >= 4 is 5.91 Å². The first-order valence-electron chi connectivity index (χ1n) is 6.41. The molecule has 1 fully saturated rings. The molecule has 1 aliphatic rings. The second-order valence-corrected chi connectivity index (χ2v) is 4.88. The Kier molecular flexibility index (Phi) is 3.99. The smallest absolute Gasteiger partial charge is 0.239 e. The van der Waals surface area contributed by atoms with Crippen molar-refractivity contribution in [2.24, 2.45) is 5.73 Å². The van der Waals surface area contributed by atoms with Crippen LogP contribution in [0.15, 0.2) is 18.2 Å². The zero-order chi connectivity index (χ0) is 13.1. The van der Waals surface area contributed by atoms with E-state index in [-0.39, 0.29) is 11.9 Å². The molecule has 3 N–H and O–H groups in total. The van der Waals surface area contributed by atoms with E-state index in [9.17, 15) is 4.79 Å². The lowest BCUT2D eigenvalue weighted by atomic mass is 9.95. The fraction of sp³-hybridized carbons (Fsp3) is 0.500. The third-order valence-electron chi connectivity index (χ3n) is 3.73. The Morgan fingerprint density at radius 2 is 2.00 bits per heavy atom. The van der Waals surface area contributed by atoms with E-state index in [2.05, 4.69) is 30.1 Å². The van der Waals surface area contributed by atoms with Gasteiger partial charge in [0.05, 0.1) is 0 Å². The second-order valence-electron chi connectivity index (χ2n) is 4.88. The molecular weight excluding hydrogens is 226 g/mol. The third-order valence-corrected chi connectivity index (χ3v) is 3.73. The summed E-state index contributed by atoms with van der Waals surface area (Å²) in [4.78, 5) is 14.0. The van der Waals surface area contributed by atoms with Crippen LogP contribution in [-0.4, -0.2) is 37.0 Å². The van der Waals surface area contributed by atoms with Crippen molar-refractivity contribution in [1.82, 2.24) is 10.2 Å². The van der Waals surface area contributed by atoms with Gasteiger partial charge in [0.1, 0.15) is 6.04 Å². The van der Waals surface area contributed by atoms with Gasteiger partial charge in [-0.2, -0.15) is 0 Å². The maximum Gasteiger partial charge on any atom is 0.239 e. The summed E-state index contributed by atoms with van der Waals surface area (Å²) in [6, 6.07) is 5.77. The molecule has 1 unspecified atom stereocenters. The highest BCUT2D eigenvalue weighted by atomic mass is 16.1. The molecule has 0 radical (unpaired) electrons. The van der Waals surface area contributed by atoms with Crippen molar-refractivity contribution in [1.29, 1.82) is 0 Å². The van der Waals surface area contributed by atoms with Gasteiger partial charge in [0.25, 0.3) is 0 Å².